The largest absolute Gasteiger partial charge is 0.493 e. The summed E-state index contributed by atoms with van der Waals surface area (Å²) in [5.41, 5.74) is 1.45. The minimum Gasteiger partial charge on any atom is -0.493 e. The van der Waals surface area contributed by atoms with Crippen molar-refractivity contribution < 1.29 is 28.5 Å². The number of carbonyl (C=O) groups is 2. The fourth-order valence-electron chi connectivity index (χ4n) is 3.02. The number of nitrogens with one attached hydrogen (secondary N) is 1. The highest BCUT2D eigenvalue weighted by Gasteiger charge is 2.22. The number of hydrogen-bond acceptors (Lipinski definition) is 6. The summed E-state index contributed by atoms with van der Waals surface area (Å²) >= 11 is 0. The molecule has 1 aliphatic rings. The molecular weight excluding hydrogens is 374 g/mol. The third-order valence-corrected chi connectivity index (χ3v) is 4.51. The van der Waals surface area contributed by atoms with E-state index < -0.39 is 5.97 Å². The van der Waals surface area contributed by atoms with Gasteiger partial charge in [-0.2, -0.15) is 0 Å². The van der Waals surface area contributed by atoms with Crippen molar-refractivity contribution in [3.63, 3.8) is 0 Å². The van der Waals surface area contributed by atoms with Gasteiger partial charge in [0.15, 0.2) is 18.1 Å². The number of benzene rings is 2. The van der Waals surface area contributed by atoms with Crippen molar-refractivity contribution in [3.05, 3.63) is 53.6 Å². The maximum Gasteiger partial charge on any atom is 0.338 e. The van der Waals surface area contributed by atoms with Crippen LogP contribution in [0.5, 0.6) is 17.2 Å². The van der Waals surface area contributed by atoms with Gasteiger partial charge in [0.2, 0.25) is 5.75 Å². The van der Waals surface area contributed by atoms with Gasteiger partial charge < -0.3 is 24.3 Å². The van der Waals surface area contributed by atoms with Crippen LogP contribution in [0.3, 0.4) is 0 Å². The molecule has 0 bridgehead atoms. The van der Waals surface area contributed by atoms with E-state index in [-0.39, 0.29) is 24.1 Å². The molecule has 1 unspecified atom stereocenters. The Morgan fingerprint density at radius 3 is 2.66 bits per heavy atom. The minimum absolute atomic E-state index is 0.0317. The summed E-state index contributed by atoms with van der Waals surface area (Å²) in [6, 6.07) is 13.1. The van der Waals surface area contributed by atoms with Crippen molar-refractivity contribution in [2.24, 2.45) is 0 Å². The number of esters is 1. The van der Waals surface area contributed by atoms with E-state index >= 15 is 0 Å². The molecule has 7 nitrogen and oxygen atoms in total. The summed E-state index contributed by atoms with van der Waals surface area (Å²) in [4.78, 5) is 24.4. The van der Waals surface area contributed by atoms with Crippen LogP contribution in [0.15, 0.2) is 42.5 Å². The Bertz CT molecular complexity index is 835. The highest BCUT2D eigenvalue weighted by Crippen LogP contribution is 2.40. The first-order valence-electron chi connectivity index (χ1n) is 9.55. The lowest BCUT2D eigenvalue weighted by atomic mass is 10.1. The average molecular weight is 399 g/mol. The number of ether oxygens (including phenoxy) is 4. The molecule has 0 fully saturated rings. The molecule has 1 atom stereocenters. The van der Waals surface area contributed by atoms with E-state index in [0.29, 0.717) is 30.5 Å². The van der Waals surface area contributed by atoms with Gasteiger partial charge in [-0.15, -0.1) is 0 Å². The van der Waals surface area contributed by atoms with Gasteiger partial charge in [0.1, 0.15) is 13.2 Å². The fraction of sp³-hybridized carbons (Fsp3) is 0.364. The molecule has 154 valence electrons. The molecule has 2 aromatic carbocycles. The zero-order valence-electron chi connectivity index (χ0n) is 16.6. The van der Waals surface area contributed by atoms with Crippen LogP contribution in [0, 0.1) is 0 Å². The van der Waals surface area contributed by atoms with E-state index in [4.69, 9.17) is 18.9 Å². The van der Waals surface area contributed by atoms with Crippen LogP contribution in [-0.4, -0.2) is 44.8 Å². The molecular formula is C22H25NO6. The molecule has 0 saturated carbocycles. The Hall–Kier alpha value is -3.22. The van der Waals surface area contributed by atoms with Crippen LogP contribution in [0.1, 0.15) is 29.3 Å². The SMILES string of the molecule is COc1cc(C(=O)OCC(=O)NC(C)CCc2ccccc2)cc2c1OCCO2. The van der Waals surface area contributed by atoms with Gasteiger partial charge >= 0.3 is 5.97 Å². The quantitative estimate of drug-likeness (QED) is 0.688. The molecule has 3 rings (SSSR count). The topological polar surface area (TPSA) is 83.1 Å². The zero-order chi connectivity index (χ0) is 20.6. The predicted octanol–water partition coefficient (Wildman–Crippen LogP) is 2.76. The fourth-order valence-corrected chi connectivity index (χ4v) is 3.02. The molecule has 1 aliphatic heterocycles. The first-order valence-corrected chi connectivity index (χ1v) is 9.55. The van der Waals surface area contributed by atoms with E-state index in [0.717, 1.165) is 12.8 Å². The van der Waals surface area contributed by atoms with Crippen LogP contribution in [0.25, 0.3) is 0 Å². The second-order valence-electron chi connectivity index (χ2n) is 6.77. The molecule has 2 aromatic rings. The molecule has 1 N–H and O–H groups in total. The second kappa shape index (κ2) is 9.82. The Labute approximate surface area is 169 Å². The molecule has 7 heteroatoms. The smallest absolute Gasteiger partial charge is 0.338 e. The van der Waals surface area contributed by atoms with Crippen LogP contribution in [0.4, 0.5) is 0 Å². The van der Waals surface area contributed by atoms with Crippen LogP contribution < -0.4 is 19.5 Å². The van der Waals surface area contributed by atoms with Crippen molar-refractivity contribution in [1.29, 1.82) is 0 Å². The number of carbonyl (C=O) groups excluding carboxylic acids is 2. The van der Waals surface area contributed by atoms with Crippen LogP contribution in [0.2, 0.25) is 0 Å². The number of hydrogen-bond donors (Lipinski definition) is 1. The minimum atomic E-state index is -0.632. The third kappa shape index (κ3) is 5.63. The maximum absolute atomic E-state index is 12.3. The van der Waals surface area contributed by atoms with E-state index in [9.17, 15) is 9.59 Å². The normalized spacial score (nSPS) is 13.3. The van der Waals surface area contributed by atoms with Crippen molar-refractivity contribution in [2.45, 2.75) is 25.8 Å². The summed E-state index contributed by atoms with van der Waals surface area (Å²) in [5, 5.41) is 2.84. The maximum atomic E-state index is 12.3. The number of amides is 1. The Balaban J connectivity index is 1.49. The van der Waals surface area contributed by atoms with Gasteiger partial charge in [0, 0.05) is 6.04 Å². The summed E-state index contributed by atoms with van der Waals surface area (Å²) in [7, 11) is 1.48. The Morgan fingerprint density at radius 1 is 1.14 bits per heavy atom. The first kappa shape index (κ1) is 20.5. The van der Waals surface area contributed by atoms with E-state index in [1.165, 1.54) is 24.8 Å². The highest BCUT2D eigenvalue weighted by molar-refractivity contribution is 5.92. The zero-order valence-corrected chi connectivity index (χ0v) is 16.6. The van der Waals surface area contributed by atoms with E-state index in [1.807, 2.05) is 25.1 Å². The lowest BCUT2D eigenvalue weighted by molar-refractivity contribution is -0.124. The second-order valence-corrected chi connectivity index (χ2v) is 6.77. The van der Waals surface area contributed by atoms with Crippen molar-refractivity contribution in [1.82, 2.24) is 5.32 Å². The molecule has 1 heterocycles. The van der Waals surface area contributed by atoms with Crippen LogP contribution >= 0.6 is 0 Å². The van der Waals surface area contributed by atoms with Crippen LogP contribution in [-0.2, 0) is 16.0 Å². The lowest BCUT2D eigenvalue weighted by Crippen LogP contribution is -2.36. The van der Waals surface area contributed by atoms with E-state index in [2.05, 4.69) is 17.4 Å². The monoisotopic (exact) mass is 399 g/mol. The molecule has 0 spiro atoms. The van der Waals surface area contributed by atoms with E-state index in [1.54, 1.807) is 0 Å². The third-order valence-electron chi connectivity index (χ3n) is 4.51. The Morgan fingerprint density at radius 2 is 1.90 bits per heavy atom. The number of rotatable bonds is 8. The van der Waals surface area contributed by atoms with Crippen molar-refractivity contribution >= 4 is 11.9 Å². The molecule has 0 saturated heterocycles. The van der Waals surface area contributed by atoms with Gasteiger partial charge in [-0.3, -0.25) is 4.79 Å². The molecule has 0 radical (unpaired) electrons. The lowest BCUT2D eigenvalue weighted by Gasteiger charge is -2.21. The highest BCUT2D eigenvalue weighted by atomic mass is 16.6. The molecule has 29 heavy (non-hydrogen) atoms. The summed E-state index contributed by atoms with van der Waals surface area (Å²) in [5.74, 6) is 0.283. The molecule has 1 amide bonds. The summed E-state index contributed by atoms with van der Waals surface area (Å²) in [6.07, 6.45) is 1.65. The molecule has 0 aromatic heterocycles. The van der Waals surface area contributed by atoms with Gasteiger partial charge in [0.25, 0.3) is 5.91 Å². The number of fused-ring (bicyclic) bond motifs is 1. The van der Waals surface area contributed by atoms with Gasteiger partial charge in [-0.25, -0.2) is 4.79 Å². The average Bonchev–Trinajstić information content (AvgIpc) is 2.76. The van der Waals surface area contributed by atoms with Crippen molar-refractivity contribution in [2.75, 3.05) is 26.9 Å². The molecule has 0 aliphatic carbocycles. The van der Waals surface area contributed by atoms with Gasteiger partial charge in [-0.05, 0) is 37.5 Å². The van der Waals surface area contributed by atoms with Gasteiger partial charge in [0.05, 0.1) is 12.7 Å². The summed E-state index contributed by atoms with van der Waals surface area (Å²) < 4.78 is 21.4. The van der Waals surface area contributed by atoms with Gasteiger partial charge in [-0.1, -0.05) is 30.3 Å². The van der Waals surface area contributed by atoms with Crippen molar-refractivity contribution in [3.8, 4) is 17.2 Å². The summed E-state index contributed by atoms with van der Waals surface area (Å²) in [6.45, 7) is 2.37. The number of methoxy groups -OCH3 is 1. The Kier molecular flexibility index (Phi) is 6.94. The standard InChI is InChI=1S/C22H25NO6/c1-15(8-9-16-6-4-3-5-7-16)23-20(24)14-29-22(25)17-12-18(26-2)21-19(13-17)27-10-11-28-21/h3-7,12-13,15H,8-11,14H2,1-2H3,(H,23,24). The first-order chi connectivity index (χ1) is 14.1. The number of aryl methyl sites for hydroxylation is 1. The predicted molar refractivity (Wildman–Crippen MR) is 107 cm³/mol.